The number of aromatic nitrogens is 1. The van der Waals surface area contributed by atoms with Crippen molar-refractivity contribution in [3.05, 3.63) is 98.2 Å². The van der Waals surface area contributed by atoms with Gasteiger partial charge in [0.25, 0.3) is 0 Å². The number of nitrogens with zero attached hydrogens (tertiary/aromatic N) is 4. The molecular formula is C28H27BrCl2N4O2. The first-order chi connectivity index (χ1) is 17.9. The largest absolute Gasteiger partial charge is 0.332 e. The molecule has 0 bridgehead atoms. The molecule has 3 heterocycles. The molecule has 1 atom stereocenters. The Hall–Kier alpha value is -2.45. The van der Waals surface area contributed by atoms with Gasteiger partial charge in [0.1, 0.15) is 0 Å². The Kier molecular flexibility index (Phi) is 8.15. The third kappa shape index (κ3) is 5.85. The summed E-state index contributed by atoms with van der Waals surface area (Å²) in [6, 6.07) is 17.6. The van der Waals surface area contributed by atoms with Crippen LogP contribution in [0.1, 0.15) is 41.6 Å². The zero-order valence-electron chi connectivity index (χ0n) is 20.2. The van der Waals surface area contributed by atoms with Crippen LogP contribution in [0.4, 0.5) is 0 Å². The van der Waals surface area contributed by atoms with Gasteiger partial charge in [0.05, 0.1) is 12.1 Å². The third-order valence-corrected chi connectivity index (χ3v) is 8.08. The van der Waals surface area contributed by atoms with Gasteiger partial charge in [0.2, 0.25) is 0 Å². The number of hydrogen-bond acceptors (Lipinski definition) is 4. The molecule has 5 rings (SSSR count). The van der Waals surface area contributed by atoms with E-state index >= 15 is 0 Å². The number of rotatable bonds is 4. The quantitative estimate of drug-likeness (QED) is 0.357. The van der Waals surface area contributed by atoms with Gasteiger partial charge in [-0.3, -0.25) is 19.5 Å². The summed E-state index contributed by atoms with van der Waals surface area (Å²) >= 11 is 15.7. The number of amides is 2. The molecule has 2 aliphatic rings. The van der Waals surface area contributed by atoms with E-state index in [1.807, 2.05) is 54.6 Å². The number of piperazine rings is 1. The molecule has 2 fully saturated rings. The van der Waals surface area contributed by atoms with Crippen LogP contribution in [0.25, 0.3) is 0 Å². The predicted octanol–water partition coefficient (Wildman–Crippen LogP) is 5.75. The zero-order chi connectivity index (χ0) is 25.9. The minimum atomic E-state index is -0.428. The van der Waals surface area contributed by atoms with Gasteiger partial charge in [-0.1, -0.05) is 47.5 Å². The summed E-state index contributed by atoms with van der Waals surface area (Å²) in [5, 5.41) is 1.37. The van der Waals surface area contributed by atoms with Crippen LogP contribution in [0.15, 0.2) is 71.5 Å². The smallest absolute Gasteiger partial charge is 0.312 e. The van der Waals surface area contributed by atoms with Crippen molar-refractivity contribution in [1.82, 2.24) is 19.7 Å². The van der Waals surface area contributed by atoms with E-state index in [2.05, 4.69) is 25.8 Å². The molecule has 1 unspecified atom stereocenters. The highest BCUT2D eigenvalue weighted by Crippen LogP contribution is 2.34. The fourth-order valence-electron chi connectivity index (χ4n) is 5.31. The Morgan fingerprint density at radius 3 is 2.00 bits per heavy atom. The van der Waals surface area contributed by atoms with Gasteiger partial charge in [-0.15, -0.1) is 0 Å². The predicted molar refractivity (Wildman–Crippen MR) is 149 cm³/mol. The van der Waals surface area contributed by atoms with Crippen LogP contribution in [0.5, 0.6) is 0 Å². The lowest BCUT2D eigenvalue weighted by molar-refractivity contribution is -0.153. The van der Waals surface area contributed by atoms with Crippen LogP contribution < -0.4 is 0 Å². The van der Waals surface area contributed by atoms with Gasteiger partial charge in [0.15, 0.2) is 0 Å². The lowest BCUT2D eigenvalue weighted by Gasteiger charge is -2.40. The summed E-state index contributed by atoms with van der Waals surface area (Å²) in [6.07, 6.45) is 5.19. The number of likely N-dealkylation sites (tertiary alicyclic amines) is 1. The molecule has 3 aromatic rings. The molecule has 0 N–H and O–H groups in total. The van der Waals surface area contributed by atoms with Crippen molar-refractivity contribution >= 4 is 50.9 Å². The zero-order valence-corrected chi connectivity index (χ0v) is 23.3. The third-order valence-electron chi connectivity index (χ3n) is 7.15. The minimum absolute atomic E-state index is 0.00511. The molecule has 0 radical (unpaired) electrons. The first kappa shape index (κ1) is 26.2. The Bertz CT molecular complexity index is 1220. The van der Waals surface area contributed by atoms with Crippen molar-refractivity contribution in [2.24, 2.45) is 0 Å². The van der Waals surface area contributed by atoms with E-state index in [9.17, 15) is 9.59 Å². The molecule has 0 spiro atoms. The number of halogens is 3. The summed E-state index contributed by atoms with van der Waals surface area (Å²) in [4.78, 5) is 36.6. The van der Waals surface area contributed by atoms with Gasteiger partial charge in [0, 0.05) is 59.6 Å². The monoisotopic (exact) mass is 600 g/mol. The Morgan fingerprint density at radius 2 is 1.43 bits per heavy atom. The molecule has 2 amide bonds. The summed E-state index contributed by atoms with van der Waals surface area (Å²) < 4.78 is 0.864. The Labute approximate surface area is 235 Å². The molecule has 2 saturated heterocycles. The molecule has 0 saturated carbocycles. The highest BCUT2D eigenvalue weighted by atomic mass is 79.9. The van der Waals surface area contributed by atoms with Crippen LogP contribution in [0.2, 0.25) is 10.0 Å². The van der Waals surface area contributed by atoms with Crippen molar-refractivity contribution in [2.75, 3.05) is 32.7 Å². The second kappa shape index (κ2) is 11.5. The highest BCUT2D eigenvalue weighted by molar-refractivity contribution is 9.10. The lowest BCUT2D eigenvalue weighted by Crippen LogP contribution is -2.53. The molecule has 37 heavy (non-hydrogen) atoms. The SMILES string of the molecule is O=C(C(=O)N1CCCC1c1cncc(Br)c1)N1CCN(C(c2ccc(Cl)cc2)c2ccc(Cl)cc2)CC1. The molecule has 2 aliphatic heterocycles. The Balaban J connectivity index is 1.28. The molecule has 0 aliphatic carbocycles. The van der Waals surface area contributed by atoms with Crippen molar-refractivity contribution < 1.29 is 9.59 Å². The fraction of sp³-hybridized carbons (Fsp3) is 0.321. The highest BCUT2D eigenvalue weighted by Gasteiger charge is 2.37. The van der Waals surface area contributed by atoms with E-state index < -0.39 is 11.8 Å². The average molecular weight is 602 g/mol. The van der Waals surface area contributed by atoms with Gasteiger partial charge in [-0.2, -0.15) is 0 Å². The van der Waals surface area contributed by atoms with Crippen LogP contribution in [-0.2, 0) is 9.59 Å². The lowest BCUT2D eigenvalue weighted by atomic mass is 9.96. The molecule has 1 aromatic heterocycles. The maximum atomic E-state index is 13.3. The van der Waals surface area contributed by atoms with Crippen molar-refractivity contribution in [3.8, 4) is 0 Å². The number of carbonyl (C=O) groups is 2. The Morgan fingerprint density at radius 1 is 0.838 bits per heavy atom. The van der Waals surface area contributed by atoms with E-state index in [1.54, 1.807) is 22.2 Å². The van der Waals surface area contributed by atoms with Crippen LogP contribution in [-0.4, -0.2) is 64.2 Å². The van der Waals surface area contributed by atoms with Crippen molar-refractivity contribution in [2.45, 2.75) is 24.9 Å². The van der Waals surface area contributed by atoms with E-state index in [-0.39, 0.29) is 12.1 Å². The van der Waals surface area contributed by atoms with Gasteiger partial charge >= 0.3 is 11.8 Å². The number of pyridine rings is 1. The fourth-order valence-corrected chi connectivity index (χ4v) is 5.95. The van der Waals surface area contributed by atoms with E-state index in [0.29, 0.717) is 42.8 Å². The standard InChI is InChI=1S/C28H27BrCl2N4O2/c29-22-16-21(17-32-18-22)25-2-1-11-35(25)28(37)27(36)34-14-12-33(13-15-34)26(19-3-7-23(30)8-4-19)20-5-9-24(31)10-6-20/h3-10,16-18,25-26H,1-2,11-15H2. The summed E-state index contributed by atoms with van der Waals surface area (Å²) in [6.45, 7) is 2.84. The molecule has 6 nitrogen and oxygen atoms in total. The van der Waals surface area contributed by atoms with Gasteiger partial charge in [-0.25, -0.2) is 0 Å². The van der Waals surface area contributed by atoms with E-state index in [1.165, 1.54) is 0 Å². The topological polar surface area (TPSA) is 56.8 Å². The molecule has 9 heteroatoms. The van der Waals surface area contributed by atoms with Crippen LogP contribution >= 0.6 is 39.1 Å². The first-order valence-corrected chi connectivity index (χ1v) is 13.9. The molecule has 2 aromatic carbocycles. The summed E-state index contributed by atoms with van der Waals surface area (Å²) in [7, 11) is 0. The minimum Gasteiger partial charge on any atom is -0.332 e. The van der Waals surface area contributed by atoms with Crippen LogP contribution in [0, 0.1) is 0 Å². The first-order valence-electron chi connectivity index (χ1n) is 12.4. The summed E-state index contributed by atoms with van der Waals surface area (Å²) in [5.74, 6) is -0.855. The molecule has 192 valence electrons. The van der Waals surface area contributed by atoms with Crippen LogP contribution in [0.3, 0.4) is 0 Å². The number of carbonyl (C=O) groups excluding carboxylic acids is 2. The van der Waals surface area contributed by atoms with E-state index in [4.69, 9.17) is 23.2 Å². The van der Waals surface area contributed by atoms with Crippen molar-refractivity contribution in [3.63, 3.8) is 0 Å². The second-order valence-electron chi connectivity index (χ2n) is 9.43. The molecular weight excluding hydrogens is 575 g/mol. The number of hydrogen-bond donors (Lipinski definition) is 0. The maximum Gasteiger partial charge on any atom is 0.312 e. The van der Waals surface area contributed by atoms with Gasteiger partial charge in [-0.05, 0) is 75.8 Å². The number of benzene rings is 2. The average Bonchev–Trinajstić information content (AvgIpc) is 3.41. The van der Waals surface area contributed by atoms with Crippen molar-refractivity contribution in [1.29, 1.82) is 0 Å². The van der Waals surface area contributed by atoms with Gasteiger partial charge < -0.3 is 9.80 Å². The maximum absolute atomic E-state index is 13.3. The summed E-state index contributed by atoms with van der Waals surface area (Å²) in [5.41, 5.74) is 3.18. The second-order valence-corrected chi connectivity index (χ2v) is 11.2. The van der Waals surface area contributed by atoms with E-state index in [0.717, 1.165) is 34.0 Å². The normalized spacial score (nSPS) is 18.4.